The van der Waals surface area contributed by atoms with E-state index in [-0.39, 0.29) is 29.3 Å². The summed E-state index contributed by atoms with van der Waals surface area (Å²) in [6, 6.07) is 17.8. The molecule has 1 aromatic heterocycles. The Balaban J connectivity index is 1.52. The Bertz CT molecular complexity index is 1090. The highest BCUT2D eigenvalue weighted by Gasteiger charge is 2.39. The number of aromatic nitrogens is 2. The van der Waals surface area contributed by atoms with Crippen molar-refractivity contribution in [3.63, 3.8) is 0 Å². The number of piperidine rings is 1. The van der Waals surface area contributed by atoms with Crippen LogP contribution in [0.4, 0.5) is 0 Å². The van der Waals surface area contributed by atoms with Crippen molar-refractivity contribution >= 4 is 15.9 Å². The van der Waals surface area contributed by atoms with E-state index in [9.17, 15) is 13.2 Å². The molecule has 162 valence electrons. The maximum Gasteiger partial charge on any atom is 0.243 e. The Labute approximate surface area is 182 Å². The smallest absolute Gasteiger partial charge is 0.243 e. The van der Waals surface area contributed by atoms with Gasteiger partial charge in [-0.15, -0.1) is 0 Å². The van der Waals surface area contributed by atoms with Crippen LogP contribution in [0.3, 0.4) is 0 Å². The highest BCUT2D eigenvalue weighted by molar-refractivity contribution is 7.89. The predicted molar refractivity (Wildman–Crippen MR) is 118 cm³/mol. The largest absolute Gasteiger partial charge is 0.355 e. The molecule has 31 heavy (non-hydrogen) atoms. The molecule has 3 aromatic rings. The number of amides is 1. The minimum atomic E-state index is -3.74. The molecule has 2 N–H and O–H groups in total. The number of benzene rings is 2. The molecule has 2 atom stereocenters. The van der Waals surface area contributed by atoms with Crippen molar-refractivity contribution in [2.24, 2.45) is 5.92 Å². The summed E-state index contributed by atoms with van der Waals surface area (Å²) in [6.07, 6.45) is 5.43. The van der Waals surface area contributed by atoms with Gasteiger partial charge in [0.15, 0.2) is 0 Å². The second kappa shape index (κ2) is 9.45. The van der Waals surface area contributed by atoms with Crippen LogP contribution in [0.2, 0.25) is 0 Å². The van der Waals surface area contributed by atoms with Crippen LogP contribution in [0.25, 0.3) is 0 Å². The summed E-state index contributed by atoms with van der Waals surface area (Å²) >= 11 is 0. The first kappa shape index (κ1) is 21.3. The van der Waals surface area contributed by atoms with Gasteiger partial charge in [-0.25, -0.2) is 8.42 Å². The van der Waals surface area contributed by atoms with Gasteiger partial charge in [0.05, 0.1) is 23.1 Å². The number of aromatic amines is 1. The molecule has 0 spiro atoms. The molecule has 0 unspecified atom stereocenters. The summed E-state index contributed by atoms with van der Waals surface area (Å²) in [5.74, 6) is -0.494. The van der Waals surface area contributed by atoms with Gasteiger partial charge in [0.25, 0.3) is 0 Å². The molecule has 2 aromatic carbocycles. The van der Waals surface area contributed by atoms with E-state index in [4.69, 9.17) is 0 Å². The minimum absolute atomic E-state index is 0.108. The van der Waals surface area contributed by atoms with E-state index in [0.717, 1.165) is 11.1 Å². The average Bonchev–Trinajstić information content (AvgIpc) is 3.33. The lowest BCUT2D eigenvalue weighted by Gasteiger charge is -2.38. The molecular formula is C23H26N4O3S. The Kier molecular flexibility index (Phi) is 6.48. The quantitative estimate of drug-likeness (QED) is 0.593. The Morgan fingerprint density at radius 1 is 1.06 bits per heavy atom. The first-order chi connectivity index (χ1) is 15.1. The average molecular weight is 439 g/mol. The molecule has 1 saturated heterocycles. The second-order valence-electron chi connectivity index (χ2n) is 7.74. The summed E-state index contributed by atoms with van der Waals surface area (Å²) in [5, 5.41) is 9.61. The number of hydrogen-bond acceptors (Lipinski definition) is 4. The number of sulfonamides is 1. The lowest BCUT2D eigenvalue weighted by Crippen LogP contribution is -2.47. The molecule has 0 aliphatic carbocycles. The number of nitrogens with one attached hydrogen (secondary N) is 2. The minimum Gasteiger partial charge on any atom is -0.355 e. The van der Waals surface area contributed by atoms with Crippen LogP contribution in [-0.2, 0) is 21.2 Å². The SMILES string of the molecule is O=C(NCCc1cn[nH]c1)[C@@H]1CC[C@H](c2ccccc2)N(S(=O)(=O)c2ccccc2)C1. The van der Waals surface area contributed by atoms with Crippen LogP contribution in [-0.4, -0.2) is 41.9 Å². The fraction of sp³-hybridized carbons (Fsp3) is 0.304. The van der Waals surface area contributed by atoms with Gasteiger partial charge in [0, 0.05) is 19.3 Å². The molecule has 2 heterocycles. The number of H-pyrrole nitrogens is 1. The van der Waals surface area contributed by atoms with Crippen molar-refractivity contribution in [1.29, 1.82) is 0 Å². The Hall–Kier alpha value is -2.97. The van der Waals surface area contributed by atoms with Gasteiger partial charge in [0.1, 0.15) is 0 Å². The molecule has 0 bridgehead atoms. The summed E-state index contributed by atoms with van der Waals surface area (Å²) in [6.45, 7) is 0.650. The van der Waals surface area contributed by atoms with E-state index >= 15 is 0 Å². The van der Waals surface area contributed by atoms with Crippen molar-refractivity contribution in [3.8, 4) is 0 Å². The van der Waals surface area contributed by atoms with Crippen LogP contribution in [0.1, 0.15) is 30.0 Å². The number of carbonyl (C=O) groups excluding carboxylic acids is 1. The molecule has 0 radical (unpaired) electrons. The fourth-order valence-corrected chi connectivity index (χ4v) is 5.75. The van der Waals surface area contributed by atoms with Gasteiger partial charge >= 0.3 is 0 Å². The van der Waals surface area contributed by atoms with Crippen molar-refractivity contribution < 1.29 is 13.2 Å². The van der Waals surface area contributed by atoms with Gasteiger partial charge in [-0.05, 0) is 42.5 Å². The van der Waals surface area contributed by atoms with Gasteiger partial charge < -0.3 is 5.32 Å². The van der Waals surface area contributed by atoms with Crippen LogP contribution < -0.4 is 5.32 Å². The molecule has 1 aliphatic rings. The maximum absolute atomic E-state index is 13.5. The monoisotopic (exact) mass is 438 g/mol. The number of nitrogens with zero attached hydrogens (tertiary/aromatic N) is 2. The maximum atomic E-state index is 13.5. The lowest BCUT2D eigenvalue weighted by molar-refractivity contribution is -0.126. The van der Waals surface area contributed by atoms with E-state index in [1.54, 1.807) is 42.7 Å². The first-order valence-corrected chi connectivity index (χ1v) is 11.9. The highest BCUT2D eigenvalue weighted by atomic mass is 32.2. The normalized spacial score (nSPS) is 19.7. The zero-order chi connectivity index (χ0) is 21.7. The molecule has 1 fully saturated rings. The number of hydrogen-bond donors (Lipinski definition) is 2. The summed E-state index contributed by atoms with van der Waals surface area (Å²) in [4.78, 5) is 13.1. The van der Waals surface area contributed by atoms with E-state index in [1.165, 1.54) is 4.31 Å². The molecule has 4 rings (SSSR count). The third-order valence-corrected chi connectivity index (χ3v) is 7.60. The van der Waals surface area contributed by atoms with Gasteiger partial charge in [-0.3, -0.25) is 9.89 Å². The molecule has 8 heteroatoms. The van der Waals surface area contributed by atoms with Gasteiger partial charge in [-0.2, -0.15) is 9.40 Å². The standard InChI is InChI=1S/C23H26N4O3S/c28-23(24-14-13-18-15-25-26-16-18)20-11-12-22(19-7-3-1-4-8-19)27(17-20)31(29,30)21-9-5-2-6-10-21/h1-10,15-16,20,22H,11-14,17H2,(H,24,28)(H,25,26)/t20-,22-/m1/s1. The number of carbonyl (C=O) groups is 1. The van der Waals surface area contributed by atoms with E-state index < -0.39 is 10.0 Å². The summed E-state index contributed by atoms with van der Waals surface area (Å²) in [7, 11) is -3.74. The Morgan fingerprint density at radius 3 is 2.45 bits per heavy atom. The third-order valence-electron chi connectivity index (χ3n) is 5.71. The first-order valence-electron chi connectivity index (χ1n) is 10.4. The van der Waals surface area contributed by atoms with Crippen LogP contribution in [0, 0.1) is 5.92 Å². The zero-order valence-electron chi connectivity index (χ0n) is 17.1. The molecule has 1 amide bonds. The Morgan fingerprint density at radius 2 is 1.77 bits per heavy atom. The van der Waals surface area contributed by atoms with Crippen molar-refractivity contribution in [2.45, 2.75) is 30.2 Å². The van der Waals surface area contributed by atoms with Crippen molar-refractivity contribution in [2.75, 3.05) is 13.1 Å². The third kappa shape index (κ3) is 4.86. The van der Waals surface area contributed by atoms with E-state index in [0.29, 0.717) is 25.8 Å². The van der Waals surface area contributed by atoms with Crippen LogP contribution in [0.15, 0.2) is 78.0 Å². The molecule has 0 saturated carbocycles. The van der Waals surface area contributed by atoms with E-state index in [2.05, 4.69) is 15.5 Å². The molecule has 7 nitrogen and oxygen atoms in total. The summed E-state index contributed by atoms with van der Waals surface area (Å²) in [5.41, 5.74) is 1.96. The van der Waals surface area contributed by atoms with Crippen molar-refractivity contribution in [1.82, 2.24) is 19.8 Å². The fourth-order valence-electron chi connectivity index (χ4n) is 4.04. The molecule has 1 aliphatic heterocycles. The van der Waals surface area contributed by atoms with E-state index in [1.807, 2.05) is 30.3 Å². The number of rotatable bonds is 7. The predicted octanol–water partition coefficient (Wildman–Crippen LogP) is 2.91. The van der Waals surface area contributed by atoms with Crippen LogP contribution in [0.5, 0.6) is 0 Å². The zero-order valence-corrected chi connectivity index (χ0v) is 18.0. The van der Waals surface area contributed by atoms with Gasteiger partial charge in [-0.1, -0.05) is 48.5 Å². The summed E-state index contributed by atoms with van der Waals surface area (Å²) < 4.78 is 28.5. The van der Waals surface area contributed by atoms with Gasteiger partial charge in [0.2, 0.25) is 15.9 Å². The topological polar surface area (TPSA) is 95.2 Å². The second-order valence-corrected chi connectivity index (χ2v) is 9.63. The molecular weight excluding hydrogens is 412 g/mol. The lowest BCUT2D eigenvalue weighted by atomic mass is 9.90. The van der Waals surface area contributed by atoms with Crippen molar-refractivity contribution in [3.05, 3.63) is 84.2 Å². The van der Waals surface area contributed by atoms with Crippen LogP contribution >= 0.6 is 0 Å². The highest BCUT2D eigenvalue weighted by Crippen LogP contribution is 2.37.